The van der Waals surface area contributed by atoms with Gasteiger partial charge in [-0.05, 0) is 209 Å². The van der Waals surface area contributed by atoms with Crippen molar-refractivity contribution < 1.29 is 11.0 Å². The smallest absolute Gasteiger partial charge is 0.252 e. The summed E-state index contributed by atoms with van der Waals surface area (Å²) in [6.45, 7) is 13.3. The van der Waals surface area contributed by atoms with Crippen molar-refractivity contribution in [2.45, 2.75) is 52.4 Å². The second-order valence-corrected chi connectivity index (χ2v) is 31.4. The van der Waals surface area contributed by atoms with Gasteiger partial charge in [0.1, 0.15) is 0 Å². The van der Waals surface area contributed by atoms with E-state index >= 15 is 0 Å². The average Bonchev–Trinajstić information content (AvgIpc) is 0.886. The van der Waals surface area contributed by atoms with Crippen molar-refractivity contribution in [1.82, 2.24) is 4.57 Å². The SMILES string of the molecule is [2H]c1c([2H])c([2H])c2c(c1[2H])c1c([2H])c([2H])c([2H])c([2H])c1n2-c1ccc2c(c1)N(c1c(-c3ccc4ccc5ccccc5c4c3)cccc1-c1ccc3ccc4ccccc4c3c1)c1cc(C(C)(C)C)cc3c1B2c1cc(-c2ccccc2)ccc1N3c1c(-c2ccccc2)cc(C(C)(C)C)cc1-c1ccc2ccc3ccccc3c2c1. The highest BCUT2D eigenvalue weighted by Gasteiger charge is 2.46. The van der Waals surface area contributed by atoms with Crippen molar-refractivity contribution in [2.24, 2.45) is 0 Å². The van der Waals surface area contributed by atoms with Crippen LogP contribution in [0.5, 0.6) is 0 Å². The molecule has 510 valence electrons. The number of hydrogen-bond acceptors (Lipinski definition) is 2. The van der Waals surface area contributed by atoms with E-state index in [1.165, 1.54) is 16.3 Å². The molecule has 0 spiro atoms. The zero-order valence-electron chi connectivity index (χ0n) is 68.8. The molecule has 0 saturated heterocycles. The zero-order chi connectivity index (χ0) is 79.2. The van der Waals surface area contributed by atoms with E-state index in [1.807, 2.05) is 6.07 Å². The minimum atomic E-state index is -0.517. The molecule has 0 N–H and O–H groups in total. The monoisotopic (exact) mass is 1390 g/mol. The first-order valence-corrected chi connectivity index (χ1v) is 37.4. The van der Waals surface area contributed by atoms with E-state index in [0.29, 0.717) is 5.69 Å². The van der Waals surface area contributed by atoms with Gasteiger partial charge in [0.05, 0.1) is 33.4 Å². The molecule has 21 rings (SSSR count). The molecular weight excluding hydrogens is 1300 g/mol. The number of para-hydroxylation sites is 3. The van der Waals surface area contributed by atoms with Gasteiger partial charge in [-0.1, -0.05) is 320 Å². The minimum Gasteiger partial charge on any atom is -0.310 e. The molecule has 4 heteroatoms. The fraction of sp³-hybridized carbons (Fsp3) is 0.0769. The van der Waals surface area contributed by atoms with Crippen molar-refractivity contribution in [1.29, 1.82) is 0 Å². The third-order valence-electron chi connectivity index (χ3n) is 23.0. The molecule has 0 bridgehead atoms. The highest BCUT2D eigenvalue weighted by atomic mass is 15.2. The molecule has 0 radical (unpaired) electrons. The molecule has 0 fully saturated rings. The van der Waals surface area contributed by atoms with Gasteiger partial charge in [0, 0.05) is 61.5 Å². The molecule has 0 unspecified atom stereocenters. The molecule has 0 aliphatic carbocycles. The second kappa shape index (κ2) is 24.3. The number of aromatic nitrogens is 1. The summed E-state index contributed by atoms with van der Waals surface area (Å²) in [4.78, 5) is 5.10. The Morgan fingerprint density at radius 1 is 0.269 bits per heavy atom. The van der Waals surface area contributed by atoms with Crippen molar-refractivity contribution in [3.05, 3.63) is 363 Å². The summed E-state index contributed by atoms with van der Waals surface area (Å²) in [5, 5.41) is 13.6. The van der Waals surface area contributed by atoms with Crippen molar-refractivity contribution >= 4 is 144 Å². The van der Waals surface area contributed by atoms with Crippen LogP contribution in [0.25, 0.3) is 148 Å². The fourth-order valence-electron chi connectivity index (χ4n) is 17.7. The lowest BCUT2D eigenvalue weighted by atomic mass is 9.33. The predicted molar refractivity (Wildman–Crippen MR) is 464 cm³/mol. The van der Waals surface area contributed by atoms with Crippen LogP contribution in [0.4, 0.5) is 34.1 Å². The highest BCUT2D eigenvalue weighted by Crippen LogP contribution is 2.56. The van der Waals surface area contributed by atoms with Crippen LogP contribution in [-0.4, -0.2) is 11.3 Å². The number of rotatable bonds is 8. The van der Waals surface area contributed by atoms with Crippen LogP contribution in [-0.2, 0) is 10.8 Å². The summed E-state index contributed by atoms with van der Waals surface area (Å²) in [6, 6.07) is 108. The Morgan fingerprint density at radius 3 is 1.19 bits per heavy atom. The highest BCUT2D eigenvalue weighted by molar-refractivity contribution is 7.00. The summed E-state index contributed by atoms with van der Waals surface area (Å²) in [5.41, 5.74) is 20.7. The van der Waals surface area contributed by atoms with Crippen molar-refractivity contribution in [2.75, 3.05) is 9.80 Å². The zero-order valence-corrected chi connectivity index (χ0v) is 60.8. The normalized spacial score (nSPS) is 13.9. The maximum Gasteiger partial charge on any atom is 0.252 e. The van der Waals surface area contributed by atoms with Gasteiger partial charge < -0.3 is 14.4 Å². The third kappa shape index (κ3) is 10.0. The largest absolute Gasteiger partial charge is 0.310 e. The van der Waals surface area contributed by atoms with E-state index in [0.717, 1.165) is 166 Å². The van der Waals surface area contributed by atoms with Gasteiger partial charge in [-0.2, -0.15) is 0 Å². The maximum absolute atomic E-state index is 9.96. The first-order chi connectivity index (χ1) is 56.1. The molecule has 19 aromatic rings. The van der Waals surface area contributed by atoms with E-state index < -0.39 is 48.4 Å². The molecule has 18 aromatic carbocycles. The van der Waals surface area contributed by atoms with Crippen LogP contribution in [0.2, 0.25) is 0 Å². The van der Waals surface area contributed by atoms with Crippen LogP contribution in [0.1, 0.15) is 63.6 Å². The molecule has 0 amide bonds. The van der Waals surface area contributed by atoms with Gasteiger partial charge in [-0.15, -0.1) is 0 Å². The molecular formula is C104H76BN3. The first-order valence-electron chi connectivity index (χ1n) is 41.4. The molecule has 3 nitrogen and oxygen atoms in total. The van der Waals surface area contributed by atoms with E-state index in [9.17, 15) is 8.22 Å². The summed E-state index contributed by atoms with van der Waals surface area (Å²) >= 11 is 0. The summed E-state index contributed by atoms with van der Waals surface area (Å²) < 4.78 is 78.0. The number of anilines is 6. The summed E-state index contributed by atoms with van der Waals surface area (Å²) in [5.74, 6) is 0. The molecule has 2 aliphatic rings. The van der Waals surface area contributed by atoms with Crippen LogP contribution in [0, 0.1) is 0 Å². The Kier molecular flexibility index (Phi) is 12.5. The van der Waals surface area contributed by atoms with Gasteiger partial charge in [-0.3, -0.25) is 0 Å². The molecule has 1 aromatic heterocycles. The Balaban J connectivity index is 0.957. The lowest BCUT2D eigenvalue weighted by Crippen LogP contribution is -2.61. The Bertz CT molecular complexity index is 7270. The second-order valence-electron chi connectivity index (χ2n) is 31.4. The van der Waals surface area contributed by atoms with Gasteiger partial charge in [0.25, 0.3) is 6.71 Å². The van der Waals surface area contributed by atoms with E-state index in [-0.39, 0.29) is 39.3 Å². The number of benzene rings is 18. The maximum atomic E-state index is 9.96. The fourth-order valence-corrected chi connectivity index (χ4v) is 17.7. The van der Waals surface area contributed by atoms with E-state index in [4.69, 9.17) is 2.74 Å². The number of hydrogen-bond donors (Lipinski definition) is 0. The van der Waals surface area contributed by atoms with Crippen LogP contribution < -0.4 is 26.2 Å². The van der Waals surface area contributed by atoms with Crippen molar-refractivity contribution in [3.8, 4) is 61.3 Å². The quantitative estimate of drug-likeness (QED) is 0.111. The standard InChI is InChI=1S/C104H76BN3/c1-103(2,3)77-60-90(66-26-11-8-12-27-66)102(91(61-77)76-51-48-72-45-42-69-30-15-18-33-82(69)89(72)58-76)107-96-55-52-73(65-24-9-7-10-25-65)59-93(96)105-92-54-53-79(106-94-38-21-19-34-85(94)86-35-20-22-39-95(86)106)64-97(92)108(99-63-78(104(4,5)6)62-98(107)100(99)105)101-83(74-49-46-70-43-40-67-28-13-16-31-80(67)87(70)56-74)36-23-37-84(101)75-50-47-71-44-41-68-29-14-17-32-81(68)88(71)57-75/h7-64H,1-6H3/i19D,20D,21D,22D,34D,35D,38D,39D. The van der Waals surface area contributed by atoms with Crippen LogP contribution in [0.3, 0.4) is 0 Å². The van der Waals surface area contributed by atoms with Gasteiger partial charge in [0.15, 0.2) is 0 Å². The van der Waals surface area contributed by atoms with Crippen molar-refractivity contribution in [3.63, 3.8) is 0 Å². The van der Waals surface area contributed by atoms with Gasteiger partial charge in [-0.25, -0.2) is 0 Å². The van der Waals surface area contributed by atoms with Gasteiger partial charge in [0.2, 0.25) is 0 Å². The summed E-state index contributed by atoms with van der Waals surface area (Å²) in [6.07, 6.45) is 0. The summed E-state index contributed by atoms with van der Waals surface area (Å²) in [7, 11) is 0. The van der Waals surface area contributed by atoms with E-state index in [1.54, 1.807) is 4.57 Å². The predicted octanol–water partition coefficient (Wildman–Crippen LogP) is 26.7. The minimum absolute atomic E-state index is 0.00854. The molecule has 3 heterocycles. The lowest BCUT2D eigenvalue weighted by molar-refractivity contribution is 0.590. The molecule has 2 aliphatic heterocycles. The first kappa shape index (κ1) is 55.5. The third-order valence-corrected chi connectivity index (χ3v) is 23.0. The average molecular weight is 1390 g/mol. The number of nitrogens with zero attached hydrogens (tertiary/aromatic N) is 3. The molecule has 0 saturated carbocycles. The Hall–Kier alpha value is -13.0. The Morgan fingerprint density at radius 2 is 0.676 bits per heavy atom. The van der Waals surface area contributed by atoms with Crippen LogP contribution >= 0.6 is 0 Å². The molecule has 0 atom stereocenters. The number of fused-ring (bicyclic) bond motifs is 16. The van der Waals surface area contributed by atoms with Gasteiger partial charge >= 0.3 is 0 Å². The lowest BCUT2D eigenvalue weighted by Gasteiger charge is -2.46. The topological polar surface area (TPSA) is 11.4 Å². The van der Waals surface area contributed by atoms with E-state index in [2.05, 4.69) is 349 Å². The molecule has 108 heavy (non-hydrogen) atoms. The Labute approximate surface area is 641 Å². The van der Waals surface area contributed by atoms with Crippen LogP contribution in [0.15, 0.2) is 352 Å².